The number of halogens is 1. The van der Waals surface area contributed by atoms with Crippen LogP contribution in [-0.2, 0) is 9.59 Å². The summed E-state index contributed by atoms with van der Waals surface area (Å²) in [5.41, 5.74) is -0.308. The zero-order chi connectivity index (χ0) is 22.7. The molecule has 2 aliphatic heterocycles. The van der Waals surface area contributed by atoms with Gasteiger partial charge in [-0.3, -0.25) is 19.7 Å². The molecule has 0 aromatic heterocycles. The molecule has 0 bridgehead atoms. The second-order valence-corrected chi connectivity index (χ2v) is 7.66. The quantitative estimate of drug-likeness (QED) is 0.495. The minimum absolute atomic E-state index is 0.0312. The molecule has 2 heterocycles. The Morgan fingerprint density at radius 1 is 1.09 bits per heavy atom. The lowest BCUT2D eigenvalue weighted by Gasteiger charge is -2.37. The molecule has 11 heteroatoms. The standard InChI is InChI=1S/C21H20ClN3O7/c22-14-5-6-16(15(11-14)25(28)29)31-13-20(26)23-7-9-24(10-8-23)21(27)19-12-30-17-3-1-2-4-18(17)32-19/h1-6,11,19H,7-10,12-13H2. The van der Waals surface area contributed by atoms with Crippen LogP contribution in [0.5, 0.6) is 17.2 Å². The second kappa shape index (κ2) is 9.31. The van der Waals surface area contributed by atoms with Crippen LogP contribution >= 0.6 is 11.6 Å². The zero-order valence-corrected chi connectivity index (χ0v) is 17.7. The average molecular weight is 462 g/mol. The Morgan fingerprint density at radius 2 is 1.78 bits per heavy atom. The number of carbonyl (C=O) groups excluding carboxylic acids is 2. The Labute approximate surface area is 188 Å². The van der Waals surface area contributed by atoms with Gasteiger partial charge in [0.05, 0.1) is 4.92 Å². The number of nitrogens with zero attached hydrogens (tertiary/aromatic N) is 3. The topological polar surface area (TPSA) is 111 Å². The number of amides is 2. The minimum atomic E-state index is -0.735. The van der Waals surface area contributed by atoms with Crippen LogP contribution in [0.15, 0.2) is 42.5 Å². The summed E-state index contributed by atoms with van der Waals surface area (Å²) in [5.74, 6) is 0.579. The first kappa shape index (κ1) is 21.7. The van der Waals surface area contributed by atoms with E-state index in [2.05, 4.69) is 0 Å². The number of piperazine rings is 1. The van der Waals surface area contributed by atoms with Crippen molar-refractivity contribution in [3.63, 3.8) is 0 Å². The van der Waals surface area contributed by atoms with Crippen molar-refractivity contribution in [2.75, 3.05) is 39.4 Å². The normalized spacial score (nSPS) is 17.6. The number of nitro groups is 1. The molecule has 0 aliphatic carbocycles. The largest absolute Gasteiger partial charge is 0.485 e. The molecule has 1 saturated heterocycles. The molecular formula is C21H20ClN3O7. The highest BCUT2D eigenvalue weighted by Gasteiger charge is 2.33. The third-order valence-corrected chi connectivity index (χ3v) is 5.43. The van der Waals surface area contributed by atoms with Crippen molar-refractivity contribution in [1.82, 2.24) is 9.80 Å². The highest BCUT2D eigenvalue weighted by molar-refractivity contribution is 6.30. The number of nitro benzene ring substituents is 1. The number of benzene rings is 2. The molecule has 32 heavy (non-hydrogen) atoms. The van der Waals surface area contributed by atoms with Gasteiger partial charge in [0.1, 0.15) is 6.61 Å². The summed E-state index contributed by atoms with van der Waals surface area (Å²) in [7, 11) is 0. The van der Waals surface area contributed by atoms with Crippen molar-refractivity contribution < 1.29 is 28.7 Å². The number of carbonyl (C=O) groups is 2. The molecular weight excluding hydrogens is 442 g/mol. The fourth-order valence-electron chi connectivity index (χ4n) is 3.51. The maximum absolute atomic E-state index is 12.8. The van der Waals surface area contributed by atoms with Crippen molar-refractivity contribution in [3.05, 3.63) is 57.6 Å². The zero-order valence-electron chi connectivity index (χ0n) is 16.9. The molecule has 4 rings (SSSR count). The molecule has 168 valence electrons. The van der Waals surface area contributed by atoms with E-state index < -0.39 is 11.0 Å². The maximum Gasteiger partial charge on any atom is 0.312 e. The van der Waals surface area contributed by atoms with Crippen molar-refractivity contribution in [2.45, 2.75) is 6.10 Å². The SMILES string of the molecule is O=C(COc1ccc(Cl)cc1[N+](=O)[O-])N1CCN(C(=O)C2COc3ccccc3O2)CC1. The molecule has 0 saturated carbocycles. The number of ether oxygens (including phenoxy) is 3. The Balaban J connectivity index is 1.28. The van der Waals surface area contributed by atoms with E-state index >= 15 is 0 Å². The van der Waals surface area contributed by atoms with E-state index in [1.54, 1.807) is 28.0 Å². The molecule has 1 unspecified atom stereocenters. The van der Waals surface area contributed by atoms with Gasteiger partial charge in [0.15, 0.2) is 23.9 Å². The average Bonchev–Trinajstić information content (AvgIpc) is 2.82. The van der Waals surface area contributed by atoms with Gasteiger partial charge < -0.3 is 24.0 Å². The highest BCUT2D eigenvalue weighted by Crippen LogP contribution is 2.32. The van der Waals surface area contributed by atoms with E-state index in [-0.39, 0.29) is 41.5 Å². The molecule has 10 nitrogen and oxygen atoms in total. The van der Waals surface area contributed by atoms with Crippen molar-refractivity contribution >= 4 is 29.1 Å². The Kier molecular flexibility index (Phi) is 6.31. The molecule has 1 fully saturated rings. The lowest BCUT2D eigenvalue weighted by molar-refractivity contribution is -0.385. The van der Waals surface area contributed by atoms with Gasteiger partial charge in [-0.05, 0) is 24.3 Å². The predicted octanol–water partition coefficient (Wildman–Crippen LogP) is 2.14. The summed E-state index contributed by atoms with van der Waals surface area (Å²) in [6, 6.07) is 11.1. The van der Waals surface area contributed by atoms with Crippen LogP contribution in [0.25, 0.3) is 0 Å². The molecule has 0 spiro atoms. The molecule has 2 aromatic rings. The molecule has 2 aliphatic rings. The molecule has 2 aromatic carbocycles. The Morgan fingerprint density at radius 3 is 2.50 bits per heavy atom. The number of hydrogen-bond donors (Lipinski definition) is 0. The predicted molar refractivity (Wildman–Crippen MR) is 113 cm³/mol. The van der Waals surface area contributed by atoms with E-state index in [1.165, 1.54) is 18.2 Å². The van der Waals surface area contributed by atoms with Gasteiger partial charge in [0, 0.05) is 37.3 Å². The van der Waals surface area contributed by atoms with E-state index in [9.17, 15) is 19.7 Å². The number of hydrogen-bond acceptors (Lipinski definition) is 7. The molecule has 1 atom stereocenters. The van der Waals surface area contributed by atoms with Gasteiger partial charge in [-0.2, -0.15) is 0 Å². The van der Waals surface area contributed by atoms with Crippen molar-refractivity contribution in [1.29, 1.82) is 0 Å². The van der Waals surface area contributed by atoms with Gasteiger partial charge in [-0.25, -0.2) is 0 Å². The Hall–Kier alpha value is -3.53. The first-order valence-electron chi connectivity index (χ1n) is 9.94. The first-order valence-corrected chi connectivity index (χ1v) is 10.3. The molecule has 0 radical (unpaired) electrons. The van der Waals surface area contributed by atoms with E-state index in [4.69, 9.17) is 25.8 Å². The summed E-state index contributed by atoms with van der Waals surface area (Å²) in [6.07, 6.45) is -0.735. The maximum atomic E-state index is 12.8. The van der Waals surface area contributed by atoms with Gasteiger partial charge in [-0.1, -0.05) is 23.7 Å². The summed E-state index contributed by atoms with van der Waals surface area (Å²) in [5, 5.41) is 11.3. The summed E-state index contributed by atoms with van der Waals surface area (Å²) in [4.78, 5) is 39.0. The number of fused-ring (bicyclic) bond motifs is 1. The van der Waals surface area contributed by atoms with Gasteiger partial charge in [0.25, 0.3) is 11.8 Å². The fourth-order valence-corrected chi connectivity index (χ4v) is 3.67. The van der Waals surface area contributed by atoms with E-state index in [0.29, 0.717) is 37.7 Å². The lowest BCUT2D eigenvalue weighted by Crippen LogP contribution is -2.55. The monoisotopic (exact) mass is 461 g/mol. The van der Waals surface area contributed by atoms with Gasteiger partial charge in [-0.15, -0.1) is 0 Å². The number of rotatable bonds is 5. The first-order chi connectivity index (χ1) is 15.4. The third kappa shape index (κ3) is 4.70. The third-order valence-electron chi connectivity index (χ3n) is 5.20. The summed E-state index contributed by atoms with van der Waals surface area (Å²) < 4.78 is 16.7. The van der Waals surface area contributed by atoms with Crippen molar-refractivity contribution in [3.8, 4) is 17.2 Å². The van der Waals surface area contributed by atoms with Crippen LogP contribution in [-0.4, -0.2) is 72.0 Å². The van der Waals surface area contributed by atoms with Crippen LogP contribution in [0.3, 0.4) is 0 Å². The summed E-state index contributed by atoms with van der Waals surface area (Å²) >= 11 is 5.78. The van der Waals surface area contributed by atoms with Gasteiger partial charge >= 0.3 is 5.69 Å². The molecule has 0 N–H and O–H groups in total. The minimum Gasteiger partial charge on any atom is -0.485 e. The lowest BCUT2D eigenvalue weighted by atomic mass is 10.2. The van der Waals surface area contributed by atoms with Crippen molar-refractivity contribution in [2.24, 2.45) is 0 Å². The van der Waals surface area contributed by atoms with Crippen LogP contribution in [0.2, 0.25) is 5.02 Å². The summed E-state index contributed by atoms with van der Waals surface area (Å²) in [6.45, 7) is 1.09. The number of para-hydroxylation sites is 2. The van der Waals surface area contributed by atoms with Gasteiger partial charge in [0.2, 0.25) is 6.10 Å². The fraction of sp³-hybridized carbons (Fsp3) is 0.333. The van der Waals surface area contributed by atoms with Crippen LogP contribution < -0.4 is 14.2 Å². The molecule has 2 amide bonds. The smallest absolute Gasteiger partial charge is 0.312 e. The van der Waals surface area contributed by atoms with Crippen LogP contribution in [0.4, 0.5) is 5.69 Å². The van der Waals surface area contributed by atoms with E-state index in [0.717, 1.165) is 0 Å². The highest BCUT2D eigenvalue weighted by atomic mass is 35.5. The second-order valence-electron chi connectivity index (χ2n) is 7.23. The Bertz CT molecular complexity index is 1040. The van der Waals surface area contributed by atoms with Crippen LogP contribution in [0, 0.1) is 10.1 Å². The van der Waals surface area contributed by atoms with E-state index in [1.807, 2.05) is 6.07 Å². The van der Waals surface area contributed by atoms with Crippen LogP contribution in [0.1, 0.15) is 0 Å².